The van der Waals surface area contributed by atoms with Crippen LogP contribution in [0, 0.1) is 0 Å². The smallest absolute Gasteiger partial charge is 0.247 e. The van der Waals surface area contributed by atoms with E-state index in [-0.39, 0.29) is 4.90 Å². The van der Waals surface area contributed by atoms with Crippen LogP contribution in [-0.2, 0) is 16.6 Å². The van der Waals surface area contributed by atoms with Crippen molar-refractivity contribution >= 4 is 37.7 Å². The van der Waals surface area contributed by atoms with E-state index in [1.807, 2.05) is 0 Å². The van der Waals surface area contributed by atoms with Gasteiger partial charge in [-0.15, -0.1) is 0 Å². The van der Waals surface area contributed by atoms with E-state index in [0.717, 1.165) is 24.5 Å². The third-order valence-electron chi connectivity index (χ3n) is 3.02. The normalized spacial score (nSPS) is 17.5. The van der Waals surface area contributed by atoms with Gasteiger partial charge >= 0.3 is 0 Å². The summed E-state index contributed by atoms with van der Waals surface area (Å²) in [7, 11) is -3.45. The molecule has 114 valence electrons. The van der Waals surface area contributed by atoms with Crippen LogP contribution in [0.4, 0.5) is 0 Å². The minimum Gasteiger partial charge on any atom is -0.452 e. The van der Waals surface area contributed by atoms with Crippen molar-refractivity contribution in [1.29, 1.82) is 0 Å². The van der Waals surface area contributed by atoms with Crippen LogP contribution in [0.1, 0.15) is 19.1 Å². The molecule has 2 heterocycles. The predicted octanol–water partition coefficient (Wildman–Crippen LogP) is 2.28. The van der Waals surface area contributed by atoms with Crippen molar-refractivity contribution in [3.8, 4) is 0 Å². The van der Waals surface area contributed by atoms with Crippen molar-refractivity contribution in [2.75, 3.05) is 31.1 Å². The van der Waals surface area contributed by atoms with Gasteiger partial charge in [-0.05, 0) is 28.9 Å². The number of nitrogens with zero attached hydrogens (tertiary/aromatic N) is 1. The zero-order valence-corrected chi connectivity index (χ0v) is 14.6. The van der Waals surface area contributed by atoms with Gasteiger partial charge in [-0.1, -0.05) is 6.92 Å². The van der Waals surface area contributed by atoms with Crippen LogP contribution in [0.2, 0.25) is 0 Å². The molecule has 0 atom stereocenters. The number of nitrogens with one attached hydrogen (secondary N) is 1. The highest BCUT2D eigenvalue weighted by atomic mass is 79.9. The van der Waals surface area contributed by atoms with E-state index in [4.69, 9.17) is 4.42 Å². The molecule has 1 aliphatic heterocycles. The third kappa shape index (κ3) is 3.79. The molecule has 20 heavy (non-hydrogen) atoms. The Morgan fingerprint density at radius 1 is 1.45 bits per heavy atom. The lowest BCUT2D eigenvalue weighted by Crippen LogP contribution is -2.37. The summed E-state index contributed by atoms with van der Waals surface area (Å²) in [5, 5.41) is 3.20. The van der Waals surface area contributed by atoms with Crippen molar-refractivity contribution in [2.45, 2.75) is 24.8 Å². The molecule has 2 rings (SSSR count). The first kappa shape index (κ1) is 16.4. The lowest BCUT2D eigenvalue weighted by atomic mass is 10.4. The lowest BCUT2D eigenvalue weighted by molar-refractivity contribution is 0.437. The number of furan rings is 1. The molecule has 8 heteroatoms. The van der Waals surface area contributed by atoms with Crippen molar-refractivity contribution in [3.63, 3.8) is 0 Å². The quantitative estimate of drug-likeness (QED) is 0.764. The summed E-state index contributed by atoms with van der Waals surface area (Å²) in [5.41, 5.74) is 0. The van der Waals surface area contributed by atoms with Crippen molar-refractivity contribution in [2.24, 2.45) is 0 Å². The topological polar surface area (TPSA) is 62.6 Å². The largest absolute Gasteiger partial charge is 0.452 e. The van der Waals surface area contributed by atoms with Crippen LogP contribution in [0.25, 0.3) is 0 Å². The summed E-state index contributed by atoms with van der Waals surface area (Å²) in [5.74, 6) is 2.33. The molecule has 1 aliphatic rings. The van der Waals surface area contributed by atoms with Crippen LogP contribution in [0.5, 0.6) is 0 Å². The molecular weight excluding hydrogens is 364 g/mol. The number of rotatable bonds is 6. The average molecular weight is 383 g/mol. The van der Waals surface area contributed by atoms with Gasteiger partial charge in [0, 0.05) is 30.7 Å². The number of sulfonamides is 1. The highest BCUT2D eigenvalue weighted by molar-refractivity contribution is 9.10. The molecule has 5 nitrogen and oxygen atoms in total. The van der Waals surface area contributed by atoms with Crippen molar-refractivity contribution in [1.82, 2.24) is 9.62 Å². The summed E-state index contributed by atoms with van der Waals surface area (Å²) in [6.45, 7) is 4.62. The summed E-state index contributed by atoms with van der Waals surface area (Å²) >= 11 is 5.00. The second-order valence-corrected chi connectivity index (χ2v) is 8.40. The molecule has 1 aromatic rings. The Kier molecular flexibility index (Phi) is 5.97. The fourth-order valence-corrected chi connectivity index (χ4v) is 5.51. The summed E-state index contributed by atoms with van der Waals surface area (Å²) in [6, 6.07) is 1.61. The van der Waals surface area contributed by atoms with Gasteiger partial charge in [0.25, 0.3) is 0 Å². The molecule has 0 amide bonds. The Bertz CT molecular complexity index is 539. The summed E-state index contributed by atoms with van der Waals surface area (Å²) in [6.07, 6.45) is 1.03. The lowest BCUT2D eigenvalue weighted by Gasteiger charge is -2.24. The molecule has 0 saturated carbocycles. The Morgan fingerprint density at radius 3 is 2.80 bits per heavy atom. The minimum atomic E-state index is -3.45. The predicted molar refractivity (Wildman–Crippen MR) is 84.5 cm³/mol. The molecule has 1 aromatic heterocycles. The molecule has 0 radical (unpaired) electrons. The van der Waals surface area contributed by atoms with Crippen LogP contribution >= 0.6 is 27.7 Å². The highest BCUT2D eigenvalue weighted by Crippen LogP contribution is 2.29. The van der Waals surface area contributed by atoms with E-state index in [2.05, 4.69) is 28.2 Å². The summed E-state index contributed by atoms with van der Waals surface area (Å²) in [4.78, 5) is 0.234. The maximum absolute atomic E-state index is 12.6. The molecule has 0 spiro atoms. The standard InChI is InChI=1S/C12H19BrN2O3S2/c1-2-3-14-9-10-8-11(12(13)18-10)20(16,17)15-4-6-19-7-5-15/h8,14H,2-7,9H2,1H3. The zero-order valence-electron chi connectivity index (χ0n) is 11.4. The Labute approximate surface area is 132 Å². The summed E-state index contributed by atoms with van der Waals surface area (Å²) < 4.78 is 32.4. The van der Waals surface area contributed by atoms with E-state index < -0.39 is 10.0 Å². The molecular formula is C12H19BrN2O3S2. The van der Waals surface area contributed by atoms with Gasteiger partial charge in [0.1, 0.15) is 10.7 Å². The molecule has 0 bridgehead atoms. The maximum Gasteiger partial charge on any atom is 0.247 e. The molecule has 0 aliphatic carbocycles. The highest BCUT2D eigenvalue weighted by Gasteiger charge is 2.30. The first-order valence-corrected chi connectivity index (χ1v) is 10.0. The number of thioether (sulfide) groups is 1. The van der Waals surface area contributed by atoms with E-state index in [9.17, 15) is 8.42 Å². The maximum atomic E-state index is 12.6. The fourth-order valence-electron chi connectivity index (χ4n) is 1.98. The first-order valence-electron chi connectivity index (χ1n) is 6.62. The average Bonchev–Trinajstić information content (AvgIpc) is 2.82. The first-order chi connectivity index (χ1) is 9.55. The van der Waals surface area contributed by atoms with Crippen molar-refractivity contribution in [3.05, 3.63) is 16.5 Å². The Morgan fingerprint density at radius 2 is 2.15 bits per heavy atom. The van der Waals surface area contributed by atoms with Crippen LogP contribution in [-0.4, -0.2) is 43.9 Å². The second-order valence-electron chi connectivity index (χ2n) is 4.54. The molecule has 1 N–H and O–H groups in total. The number of hydrogen-bond acceptors (Lipinski definition) is 5. The van der Waals surface area contributed by atoms with Crippen molar-refractivity contribution < 1.29 is 12.8 Å². The van der Waals surface area contributed by atoms with Gasteiger partial charge in [-0.3, -0.25) is 0 Å². The van der Waals surface area contributed by atoms with Crippen LogP contribution in [0.15, 0.2) is 20.0 Å². The van der Waals surface area contributed by atoms with Crippen LogP contribution < -0.4 is 5.32 Å². The Balaban J connectivity index is 2.14. The Hall–Kier alpha value is -0.0200. The van der Waals surface area contributed by atoms with Gasteiger partial charge in [0.2, 0.25) is 10.0 Å². The third-order valence-corrected chi connectivity index (χ3v) is 6.72. The zero-order chi connectivity index (χ0) is 14.6. The monoisotopic (exact) mass is 382 g/mol. The number of halogens is 1. The van der Waals surface area contributed by atoms with E-state index in [0.29, 0.717) is 30.1 Å². The molecule has 0 unspecified atom stereocenters. The SMILES string of the molecule is CCCNCc1cc(S(=O)(=O)N2CCSCC2)c(Br)o1. The number of hydrogen-bond donors (Lipinski definition) is 1. The molecule has 0 aromatic carbocycles. The fraction of sp³-hybridized carbons (Fsp3) is 0.667. The van der Waals surface area contributed by atoms with E-state index in [1.165, 1.54) is 4.31 Å². The van der Waals surface area contributed by atoms with Gasteiger partial charge in [-0.2, -0.15) is 16.1 Å². The van der Waals surface area contributed by atoms with Gasteiger partial charge in [-0.25, -0.2) is 8.42 Å². The van der Waals surface area contributed by atoms with Crippen LogP contribution in [0.3, 0.4) is 0 Å². The second kappa shape index (κ2) is 7.31. The van der Waals surface area contributed by atoms with E-state index >= 15 is 0 Å². The van der Waals surface area contributed by atoms with Gasteiger partial charge in [0.05, 0.1) is 6.54 Å². The molecule has 1 fully saturated rings. The van der Waals surface area contributed by atoms with E-state index in [1.54, 1.807) is 17.8 Å². The van der Waals surface area contributed by atoms with Gasteiger partial charge < -0.3 is 9.73 Å². The van der Waals surface area contributed by atoms with Gasteiger partial charge in [0.15, 0.2) is 4.67 Å². The minimum absolute atomic E-state index is 0.234. The molecule has 1 saturated heterocycles.